The highest BCUT2D eigenvalue weighted by atomic mass is 32.2. The summed E-state index contributed by atoms with van der Waals surface area (Å²) in [6.45, 7) is 7.55. The molecule has 25 heavy (non-hydrogen) atoms. The molecule has 0 bridgehead atoms. The lowest BCUT2D eigenvalue weighted by Crippen LogP contribution is -2.22. The first-order valence-electron chi connectivity index (χ1n) is 8.35. The molecule has 0 aliphatic rings. The zero-order valence-corrected chi connectivity index (χ0v) is 16.4. The van der Waals surface area contributed by atoms with Crippen molar-refractivity contribution in [3.8, 4) is 0 Å². The average Bonchev–Trinajstić information content (AvgIpc) is 2.53. The number of hydrogen-bond acceptors (Lipinski definition) is 4. The molecule has 5 nitrogen and oxygen atoms in total. The van der Waals surface area contributed by atoms with E-state index < -0.39 is 10.0 Å². The molecule has 136 valence electrons. The van der Waals surface area contributed by atoms with Gasteiger partial charge in [-0.15, -0.1) is 0 Å². The summed E-state index contributed by atoms with van der Waals surface area (Å²) in [5, 5.41) is 6.65. The van der Waals surface area contributed by atoms with Crippen LogP contribution in [0, 0.1) is 13.8 Å². The summed E-state index contributed by atoms with van der Waals surface area (Å²) in [6.07, 6.45) is 0. The largest absolute Gasteiger partial charge is 0.384 e. The van der Waals surface area contributed by atoms with Crippen molar-refractivity contribution in [1.29, 1.82) is 0 Å². The molecule has 0 radical (unpaired) electrons. The Balaban J connectivity index is 2.33. The lowest BCUT2D eigenvalue weighted by atomic mass is 10.1. The second-order valence-electron chi connectivity index (χ2n) is 6.37. The molecular weight excluding hydrogens is 334 g/mol. The van der Waals surface area contributed by atoms with Crippen LogP contribution in [0.15, 0.2) is 41.3 Å². The van der Waals surface area contributed by atoms with Crippen LogP contribution in [0.25, 0.3) is 0 Å². The molecule has 0 aromatic heterocycles. The van der Waals surface area contributed by atoms with Crippen molar-refractivity contribution in [3.63, 3.8) is 0 Å². The molecule has 0 saturated heterocycles. The number of rotatable bonds is 7. The number of nitrogens with one attached hydrogen (secondary N) is 2. The highest BCUT2D eigenvalue weighted by Crippen LogP contribution is 2.27. The smallest absolute Gasteiger partial charge is 0.242 e. The van der Waals surface area contributed by atoms with E-state index in [0.717, 1.165) is 17.9 Å². The van der Waals surface area contributed by atoms with Crippen LogP contribution in [0.1, 0.15) is 23.6 Å². The third-order valence-electron chi connectivity index (χ3n) is 3.90. The van der Waals surface area contributed by atoms with Gasteiger partial charge in [0.05, 0.1) is 16.3 Å². The summed E-state index contributed by atoms with van der Waals surface area (Å²) in [5.74, 6) is 0. The van der Waals surface area contributed by atoms with Crippen LogP contribution in [-0.2, 0) is 16.6 Å². The van der Waals surface area contributed by atoms with E-state index in [0.29, 0.717) is 6.54 Å². The van der Waals surface area contributed by atoms with Crippen LogP contribution < -0.4 is 10.6 Å². The first-order valence-corrected chi connectivity index (χ1v) is 9.79. The van der Waals surface area contributed by atoms with Crippen molar-refractivity contribution in [3.05, 3.63) is 53.1 Å². The van der Waals surface area contributed by atoms with Gasteiger partial charge in [-0.1, -0.05) is 29.3 Å². The fourth-order valence-corrected chi connectivity index (χ4v) is 3.68. The summed E-state index contributed by atoms with van der Waals surface area (Å²) in [7, 11) is -0.386. The van der Waals surface area contributed by atoms with Gasteiger partial charge in [-0.25, -0.2) is 12.7 Å². The Morgan fingerprint density at radius 3 is 2.12 bits per heavy atom. The van der Waals surface area contributed by atoms with Crippen LogP contribution in [0.3, 0.4) is 0 Å². The van der Waals surface area contributed by atoms with Gasteiger partial charge in [0.2, 0.25) is 10.0 Å². The molecular formula is C19H27N3O2S. The Bertz CT molecular complexity index is 825. The van der Waals surface area contributed by atoms with Gasteiger partial charge < -0.3 is 10.6 Å². The van der Waals surface area contributed by atoms with E-state index in [1.807, 2.05) is 13.0 Å². The number of sulfonamides is 1. The van der Waals surface area contributed by atoms with Crippen molar-refractivity contribution in [2.24, 2.45) is 0 Å². The van der Waals surface area contributed by atoms with Gasteiger partial charge in [0, 0.05) is 27.2 Å². The Morgan fingerprint density at radius 1 is 0.920 bits per heavy atom. The lowest BCUT2D eigenvalue weighted by molar-refractivity contribution is 0.521. The third kappa shape index (κ3) is 4.74. The summed E-state index contributed by atoms with van der Waals surface area (Å²) < 4.78 is 26.0. The second kappa shape index (κ2) is 7.89. The predicted octanol–water partition coefficient (Wildman–Crippen LogP) is 3.60. The quantitative estimate of drug-likeness (QED) is 0.791. The molecule has 0 saturated carbocycles. The lowest BCUT2D eigenvalue weighted by Gasteiger charge is -2.17. The van der Waals surface area contributed by atoms with Crippen LogP contribution in [0.5, 0.6) is 0 Å². The number of anilines is 2. The van der Waals surface area contributed by atoms with Crippen molar-refractivity contribution in [2.45, 2.75) is 32.2 Å². The highest BCUT2D eigenvalue weighted by molar-refractivity contribution is 7.89. The van der Waals surface area contributed by atoms with E-state index >= 15 is 0 Å². The number of aryl methyl sites for hydroxylation is 2. The fraction of sp³-hybridized carbons (Fsp3) is 0.368. The van der Waals surface area contributed by atoms with Crippen molar-refractivity contribution in [1.82, 2.24) is 4.31 Å². The van der Waals surface area contributed by atoms with E-state index in [1.54, 1.807) is 12.1 Å². The van der Waals surface area contributed by atoms with Crippen LogP contribution in [0.2, 0.25) is 0 Å². The zero-order chi connectivity index (χ0) is 18.6. The molecule has 2 aromatic rings. The third-order valence-corrected chi connectivity index (χ3v) is 5.71. The van der Waals surface area contributed by atoms with Gasteiger partial charge in [0.1, 0.15) is 0 Å². The molecule has 0 atom stereocenters. The molecule has 0 aliphatic carbocycles. The van der Waals surface area contributed by atoms with Crippen LogP contribution in [-0.4, -0.2) is 33.4 Å². The highest BCUT2D eigenvalue weighted by Gasteiger charge is 2.18. The van der Waals surface area contributed by atoms with E-state index in [9.17, 15) is 8.42 Å². The first kappa shape index (κ1) is 19.3. The Morgan fingerprint density at radius 2 is 1.56 bits per heavy atom. The Hall–Kier alpha value is -2.05. The molecule has 2 rings (SSSR count). The summed E-state index contributed by atoms with van der Waals surface area (Å²) in [4.78, 5) is 0.280. The maximum Gasteiger partial charge on any atom is 0.242 e. The molecule has 2 N–H and O–H groups in total. The second-order valence-corrected chi connectivity index (χ2v) is 8.53. The summed E-state index contributed by atoms with van der Waals surface area (Å²) in [5.41, 5.74) is 5.27. The minimum absolute atomic E-state index is 0.280. The first-order chi connectivity index (χ1) is 11.7. The number of benzene rings is 2. The number of nitrogens with zero attached hydrogens (tertiary/aromatic N) is 1. The van der Waals surface area contributed by atoms with Gasteiger partial charge in [-0.2, -0.15) is 0 Å². The van der Waals surface area contributed by atoms with E-state index in [4.69, 9.17) is 0 Å². The van der Waals surface area contributed by atoms with Crippen molar-refractivity contribution >= 4 is 21.4 Å². The molecule has 0 heterocycles. The van der Waals surface area contributed by atoms with Gasteiger partial charge in [-0.3, -0.25) is 0 Å². The Kier molecular flexibility index (Phi) is 6.08. The monoisotopic (exact) mass is 361 g/mol. The standard InChI is InChI=1S/C19H27N3O2S/c1-6-20-18-8-7-17(25(23,24)22(4)5)12-19(18)21-13-16-10-14(2)9-15(3)11-16/h7-12,20-21H,6,13H2,1-5H3. The van der Waals surface area contributed by atoms with E-state index in [1.165, 1.54) is 35.1 Å². The normalized spacial score (nSPS) is 11.6. The van der Waals surface area contributed by atoms with Gasteiger partial charge >= 0.3 is 0 Å². The minimum atomic E-state index is -3.46. The average molecular weight is 362 g/mol. The molecule has 0 fully saturated rings. The topological polar surface area (TPSA) is 61.4 Å². The van der Waals surface area contributed by atoms with Crippen molar-refractivity contribution < 1.29 is 8.42 Å². The molecule has 0 spiro atoms. The SMILES string of the molecule is CCNc1ccc(S(=O)(=O)N(C)C)cc1NCc1cc(C)cc(C)c1. The molecule has 0 amide bonds. The van der Waals surface area contributed by atoms with E-state index in [-0.39, 0.29) is 4.90 Å². The fourth-order valence-electron chi connectivity index (χ4n) is 2.75. The molecule has 0 aliphatic heterocycles. The molecule has 0 unspecified atom stereocenters. The maximum absolute atomic E-state index is 12.4. The van der Waals surface area contributed by atoms with Gasteiger partial charge in [0.25, 0.3) is 0 Å². The van der Waals surface area contributed by atoms with Crippen molar-refractivity contribution in [2.75, 3.05) is 31.3 Å². The zero-order valence-electron chi connectivity index (χ0n) is 15.6. The summed E-state index contributed by atoms with van der Waals surface area (Å²) >= 11 is 0. The molecule has 6 heteroatoms. The minimum Gasteiger partial charge on any atom is -0.384 e. The van der Waals surface area contributed by atoms with Crippen LogP contribution in [0.4, 0.5) is 11.4 Å². The van der Waals surface area contributed by atoms with Gasteiger partial charge in [-0.05, 0) is 44.5 Å². The summed E-state index contributed by atoms with van der Waals surface area (Å²) in [6, 6.07) is 11.5. The molecule has 2 aromatic carbocycles. The van der Waals surface area contributed by atoms with E-state index in [2.05, 4.69) is 42.7 Å². The van der Waals surface area contributed by atoms with Crippen LogP contribution >= 0.6 is 0 Å². The number of hydrogen-bond donors (Lipinski definition) is 2. The Labute approximate surface area is 151 Å². The predicted molar refractivity (Wildman–Crippen MR) is 105 cm³/mol. The van der Waals surface area contributed by atoms with Gasteiger partial charge in [0.15, 0.2) is 0 Å². The maximum atomic E-state index is 12.4.